The van der Waals surface area contributed by atoms with Gasteiger partial charge in [-0.3, -0.25) is 4.79 Å². The largest absolute Gasteiger partial charge is 0.399 e. The number of nitrogen functional groups attached to an aromatic ring is 1. The number of amides is 1. The Morgan fingerprint density at radius 1 is 1.57 bits per heavy atom. The Morgan fingerprint density at radius 2 is 2.36 bits per heavy atom. The van der Waals surface area contributed by atoms with E-state index in [0.29, 0.717) is 17.8 Å². The van der Waals surface area contributed by atoms with E-state index in [0.717, 1.165) is 6.42 Å². The van der Waals surface area contributed by atoms with Gasteiger partial charge in [-0.05, 0) is 24.6 Å². The van der Waals surface area contributed by atoms with Gasteiger partial charge in [-0.1, -0.05) is 12.1 Å². The molecule has 0 saturated heterocycles. The van der Waals surface area contributed by atoms with Gasteiger partial charge in [0, 0.05) is 17.8 Å². The molecule has 0 aliphatic carbocycles. The van der Waals surface area contributed by atoms with E-state index in [1.54, 1.807) is 30.3 Å². The fourth-order valence-corrected chi connectivity index (χ4v) is 1.07. The first-order valence-electron chi connectivity index (χ1n) is 4.48. The van der Waals surface area contributed by atoms with Crippen LogP contribution in [-0.2, 0) is 0 Å². The number of hydrogen-bond acceptors (Lipinski definition) is 2. The van der Waals surface area contributed by atoms with E-state index < -0.39 is 0 Å². The Bertz CT molecular complexity index is 334. The molecule has 3 heteroatoms. The van der Waals surface area contributed by atoms with Gasteiger partial charge >= 0.3 is 0 Å². The lowest BCUT2D eigenvalue weighted by Gasteiger charge is -2.03. The van der Waals surface area contributed by atoms with Crippen molar-refractivity contribution < 1.29 is 4.79 Å². The summed E-state index contributed by atoms with van der Waals surface area (Å²) in [7, 11) is 0. The summed E-state index contributed by atoms with van der Waals surface area (Å²) in [5.74, 6) is -0.0980. The van der Waals surface area contributed by atoms with Gasteiger partial charge < -0.3 is 11.1 Å². The fourth-order valence-electron chi connectivity index (χ4n) is 1.07. The highest BCUT2D eigenvalue weighted by atomic mass is 16.1. The molecule has 0 fully saturated rings. The van der Waals surface area contributed by atoms with Gasteiger partial charge in [0.1, 0.15) is 0 Å². The van der Waals surface area contributed by atoms with Crippen LogP contribution in [0.25, 0.3) is 0 Å². The van der Waals surface area contributed by atoms with Crippen LogP contribution >= 0.6 is 0 Å². The van der Waals surface area contributed by atoms with Crippen LogP contribution < -0.4 is 11.1 Å². The van der Waals surface area contributed by atoms with Gasteiger partial charge in [0.15, 0.2) is 0 Å². The Kier molecular flexibility index (Phi) is 3.73. The molecule has 0 heterocycles. The number of carbonyl (C=O) groups is 1. The second-order valence-electron chi connectivity index (χ2n) is 2.96. The molecule has 0 aliphatic heterocycles. The van der Waals surface area contributed by atoms with Crippen LogP contribution in [0.3, 0.4) is 0 Å². The summed E-state index contributed by atoms with van der Waals surface area (Å²) in [6.07, 6.45) is 2.54. The average molecular weight is 190 g/mol. The lowest BCUT2D eigenvalue weighted by molar-refractivity contribution is 0.0954. The van der Waals surface area contributed by atoms with Gasteiger partial charge in [-0.15, -0.1) is 6.58 Å². The van der Waals surface area contributed by atoms with Crippen molar-refractivity contribution in [3.05, 3.63) is 42.5 Å². The highest BCUT2D eigenvalue weighted by Gasteiger charge is 2.03. The lowest BCUT2D eigenvalue weighted by Crippen LogP contribution is -2.24. The van der Waals surface area contributed by atoms with E-state index in [9.17, 15) is 4.79 Å². The lowest BCUT2D eigenvalue weighted by atomic mass is 10.2. The van der Waals surface area contributed by atoms with Gasteiger partial charge in [-0.2, -0.15) is 0 Å². The smallest absolute Gasteiger partial charge is 0.251 e. The van der Waals surface area contributed by atoms with E-state index in [1.165, 1.54) is 0 Å². The highest BCUT2D eigenvalue weighted by molar-refractivity contribution is 5.94. The summed E-state index contributed by atoms with van der Waals surface area (Å²) in [6.45, 7) is 4.18. The highest BCUT2D eigenvalue weighted by Crippen LogP contribution is 2.05. The molecule has 3 N–H and O–H groups in total. The van der Waals surface area contributed by atoms with Crippen molar-refractivity contribution in [1.29, 1.82) is 0 Å². The van der Waals surface area contributed by atoms with E-state index in [2.05, 4.69) is 11.9 Å². The number of nitrogens with two attached hydrogens (primary N) is 1. The average Bonchev–Trinajstić information content (AvgIpc) is 2.18. The molecule has 0 aliphatic rings. The van der Waals surface area contributed by atoms with Crippen LogP contribution in [0.1, 0.15) is 16.8 Å². The van der Waals surface area contributed by atoms with Gasteiger partial charge in [-0.25, -0.2) is 0 Å². The summed E-state index contributed by atoms with van der Waals surface area (Å²) < 4.78 is 0. The molecule has 3 nitrogen and oxygen atoms in total. The zero-order valence-electron chi connectivity index (χ0n) is 7.99. The maximum absolute atomic E-state index is 11.5. The second-order valence-corrected chi connectivity index (χ2v) is 2.96. The van der Waals surface area contributed by atoms with Crippen LogP contribution in [0, 0.1) is 0 Å². The van der Waals surface area contributed by atoms with E-state index in [1.807, 2.05) is 0 Å². The Morgan fingerprint density at radius 3 is 3.00 bits per heavy atom. The summed E-state index contributed by atoms with van der Waals surface area (Å²) in [6, 6.07) is 6.90. The van der Waals surface area contributed by atoms with E-state index in [-0.39, 0.29) is 5.91 Å². The number of carbonyl (C=O) groups excluding carboxylic acids is 1. The molecule has 1 amide bonds. The molecule has 0 aromatic heterocycles. The molecule has 0 atom stereocenters. The van der Waals surface area contributed by atoms with Gasteiger partial charge in [0.2, 0.25) is 0 Å². The molecular formula is C11H14N2O. The van der Waals surface area contributed by atoms with E-state index in [4.69, 9.17) is 5.73 Å². The Balaban J connectivity index is 2.56. The van der Waals surface area contributed by atoms with Crippen LogP contribution in [-0.4, -0.2) is 12.5 Å². The Hall–Kier alpha value is -1.77. The summed E-state index contributed by atoms with van der Waals surface area (Å²) >= 11 is 0. The molecule has 1 aromatic carbocycles. The zero-order valence-corrected chi connectivity index (χ0v) is 7.99. The predicted octanol–water partition coefficient (Wildman–Crippen LogP) is 1.57. The quantitative estimate of drug-likeness (QED) is 0.430. The topological polar surface area (TPSA) is 55.1 Å². The minimum absolute atomic E-state index is 0.0980. The summed E-state index contributed by atoms with van der Waals surface area (Å²) in [5, 5.41) is 2.76. The molecular weight excluding hydrogens is 176 g/mol. The van der Waals surface area contributed by atoms with Crippen molar-refractivity contribution in [1.82, 2.24) is 5.32 Å². The molecule has 0 saturated carbocycles. The standard InChI is InChI=1S/C11H14N2O/c1-2-3-7-13-11(14)9-5-4-6-10(12)8-9/h2,4-6,8H,1,3,7,12H2,(H,13,14). The minimum atomic E-state index is -0.0980. The molecule has 0 bridgehead atoms. The molecule has 0 unspecified atom stereocenters. The van der Waals surface area contributed by atoms with Crippen LogP contribution in [0.5, 0.6) is 0 Å². The van der Waals surface area contributed by atoms with Crippen molar-refractivity contribution in [2.24, 2.45) is 0 Å². The number of benzene rings is 1. The molecule has 14 heavy (non-hydrogen) atoms. The molecule has 0 spiro atoms. The normalized spacial score (nSPS) is 9.43. The molecule has 1 rings (SSSR count). The van der Waals surface area contributed by atoms with Gasteiger partial charge in [0.25, 0.3) is 5.91 Å². The maximum atomic E-state index is 11.5. The van der Waals surface area contributed by atoms with E-state index >= 15 is 0 Å². The van der Waals surface area contributed by atoms with Crippen molar-refractivity contribution in [2.75, 3.05) is 12.3 Å². The van der Waals surface area contributed by atoms with Crippen molar-refractivity contribution >= 4 is 11.6 Å². The third kappa shape index (κ3) is 2.94. The summed E-state index contributed by atoms with van der Waals surface area (Å²) in [5.41, 5.74) is 6.75. The number of hydrogen-bond donors (Lipinski definition) is 2. The maximum Gasteiger partial charge on any atom is 0.251 e. The molecule has 74 valence electrons. The summed E-state index contributed by atoms with van der Waals surface area (Å²) in [4.78, 5) is 11.5. The number of rotatable bonds is 4. The third-order valence-electron chi connectivity index (χ3n) is 1.78. The fraction of sp³-hybridized carbons (Fsp3) is 0.182. The SMILES string of the molecule is C=CCCNC(=O)c1cccc(N)c1. The first kappa shape index (κ1) is 10.3. The Labute approximate surface area is 83.6 Å². The van der Waals surface area contributed by atoms with Crippen molar-refractivity contribution in [3.8, 4) is 0 Å². The van der Waals surface area contributed by atoms with Gasteiger partial charge in [0.05, 0.1) is 0 Å². The van der Waals surface area contributed by atoms with Crippen LogP contribution in [0.15, 0.2) is 36.9 Å². The first-order valence-corrected chi connectivity index (χ1v) is 4.48. The first-order chi connectivity index (χ1) is 6.74. The van der Waals surface area contributed by atoms with Crippen LogP contribution in [0.2, 0.25) is 0 Å². The number of anilines is 1. The minimum Gasteiger partial charge on any atom is -0.399 e. The zero-order chi connectivity index (χ0) is 10.4. The van der Waals surface area contributed by atoms with Crippen LogP contribution in [0.4, 0.5) is 5.69 Å². The van der Waals surface area contributed by atoms with Crippen molar-refractivity contribution in [3.63, 3.8) is 0 Å². The predicted molar refractivity (Wildman–Crippen MR) is 58.0 cm³/mol. The molecule has 1 aromatic rings. The second kappa shape index (κ2) is 5.07. The number of nitrogens with one attached hydrogen (secondary N) is 1. The molecule has 0 radical (unpaired) electrons. The third-order valence-corrected chi connectivity index (χ3v) is 1.78. The monoisotopic (exact) mass is 190 g/mol. The van der Waals surface area contributed by atoms with Crippen molar-refractivity contribution in [2.45, 2.75) is 6.42 Å².